The Morgan fingerprint density at radius 2 is 1.87 bits per heavy atom. The lowest BCUT2D eigenvalue weighted by Crippen LogP contribution is -2.28. The normalized spacial score (nSPS) is 13.3. The largest absolute Gasteiger partial charge is 0.466 e. The molecule has 0 spiro atoms. The van der Waals surface area contributed by atoms with Crippen molar-refractivity contribution in [1.29, 1.82) is 0 Å². The Morgan fingerprint density at radius 1 is 1.17 bits per heavy atom. The number of rotatable bonds is 10. The van der Waals surface area contributed by atoms with Gasteiger partial charge in [-0.1, -0.05) is 49.0 Å². The lowest BCUT2D eigenvalue weighted by atomic mass is 9.93. The summed E-state index contributed by atoms with van der Waals surface area (Å²) in [7, 11) is 0. The molecule has 0 heterocycles. The standard InChI is InChI=1S/C18H26O4S/c1-3-22-17(20)13-11-15(18(21)23-4-2)16(19)12-10-14-8-6-5-7-9-14/h5-9,15-16,19H,3-4,10-13H2,1-2H3/t15-,16-/m1/s1. The molecule has 0 unspecified atom stereocenters. The van der Waals surface area contributed by atoms with Crippen LogP contribution in [0.25, 0.3) is 0 Å². The Balaban J connectivity index is 2.58. The third-order valence-corrected chi connectivity index (χ3v) is 4.47. The molecule has 1 aromatic carbocycles. The number of aliphatic hydroxyl groups excluding tert-OH is 1. The van der Waals surface area contributed by atoms with Crippen molar-refractivity contribution in [3.05, 3.63) is 35.9 Å². The van der Waals surface area contributed by atoms with Crippen LogP contribution in [0.4, 0.5) is 0 Å². The van der Waals surface area contributed by atoms with Gasteiger partial charge < -0.3 is 9.84 Å². The van der Waals surface area contributed by atoms with E-state index in [-0.39, 0.29) is 17.5 Å². The minimum absolute atomic E-state index is 0.0441. The molecule has 0 saturated carbocycles. The molecular formula is C18H26O4S. The van der Waals surface area contributed by atoms with Crippen molar-refractivity contribution in [1.82, 2.24) is 0 Å². The average Bonchev–Trinajstić information content (AvgIpc) is 2.54. The smallest absolute Gasteiger partial charge is 0.305 e. The fraction of sp³-hybridized carbons (Fsp3) is 0.556. The molecular weight excluding hydrogens is 312 g/mol. The molecule has 2 atom stereocenters. The maximum absolute atomic E-state index is 12.2. The molecule has 0 aliphatic carbocycles. The Morgan fingerprint density at radius 3 is 2.48 bits per heavy atom. The molecule has 1 aromatic rings. The quantitative estimate of drug-likeness (QED) is 0.664. The van der Waals surface area contributed by atoms with Crippen molar-refractivity contribution in [2.24, 2.45) is 5.92 Å². The third kappa shape index (κ3) is 7.66. The molecule has 0 amide bonds. The Kier molecular flexibility index (Phi) is 9.64. The zero-order valence-electron chi connectivity index (χ0n) is 13.9. The summed E-state index contributed by atoms with van der Waals surface area (Å²) >= 11 is 1.20. The monoisotopic (exact) mass is 338 g/mol. The van der Waals surface area contributed by atoms with Gasteiger partial charge in [-0.3, -0.25) is 9.59 Å². The van der Waals surface area contributed by atoms with E-state index in [1.807, 2.05) is 37.3 Å². The fourth-order valence-electron chi connectivity index (χ4n) is 2.38. The van der Waals surface area contributed by atoms with Gasteiger partial charge in [0.1, 0.15) is 0 Å². The molecule has 1 N–H and O–H groups in total. The number of thioether (sulfide) groups is 1. The van der Waals surface area contributed by atoms with Crippen LogP contribution in [-0.4, -0.2) is 34.7 Å². The first-order valence-electron chi connectivity index (χ1n) is 8.12. The molecule has 1 rings (SSSR count). The van der Waals surface area contributed by atoms with Gasteiger partial charge in [0.05, 0.1) is 18.6 Å². The maximum Gasteiger partial charge on any atom is 0.305 e. The van der Waals surface area contributed by atoms with E-state index < -0.39 is 12.0 Å². The Hall–Kier alpha value is -1.33. The highest BCUT2D eigenvalue weighted by Crippen LogP contribution is 2.23. The van der Waals surface area contributed by atoms with Gasteiger partial charge in [-0.2, -0.15) is 0 Å². The van der Waals surface area contributed by atoms with Crippen LogP contribution in [0, 0.1) is 5.92 Å². The van der Waals surface area contributed by atoms with E-state index >= 15 is 0 Å². The first-order valence-corrected chi connectivity index (χ1v) is 9.11. The molecule has 128 valence electrons. The molecule has 0 saturated heterocycles. The second-order valence-electron chi connectivity index (χ2n) is 5.29. The summed E-state index contributed by atoms with van der Waals surface area (Å²) in [4.78, 5) is 23.7. The molecule has 23 heavy (non-hydrogen) atoms. The summed E-state index contributed by atoms with van der Waals surface area (Å²) in [6.45, 7) is 3.99. The summed E-state index contributed by atoms with van der Waals surface area (Å²) in [5.74, 6) is -0.171. The Bertz CT molecular complexity index is 475. The zero-order valence-corrected chi connectivity index (χ0v) is 14.7. The van der Waals surface area contributed by atoms with Crippen LogP contribution in [0.2, 0.25) is 0 Å². The molecule has 0 aliphatic rings. The minimum Gasteiger partial charge on any atom is -0.466 e. The number of benzene rings is 1. The van der Waals surface area contributed by atoms with Crippen molar-refractivity contribution >= 4 is 22.8 Å². The highest BCUT2D eigenvalue weighted by Gasteiger charge is 2.27. The predicted octanol–water partition coefficient (Wildman–Crippen LogP) is 3.22. The van der Waals surface area contributed by atoms with Crippen LogP contribution in [0.1, 0.15) is 38.7 Å². The summed E-state index contributed by atoms with van der Waals surface area (Å²) in [5, 5.41) is 10.4. The summed E-state index contributed by atoms with van der Waals surface area (Å²) in [6.07, 6.45) is 0.976. The van der Waals surface area contributed by atoms with Crippen LogP contribution < -0.4 is 0 Å². The lowest BCUT2D eigenvalue weighted by molar-refractivity contribution is -0.143. The minimum atomic E-state index is -0.740. The van der Waals surface area contributed by atoms with Gasteiger partial charge in [0, 0.05) is 6.42 Å². The van der Waals surface area contributed by atoms with E-state index in [1.54, 1.807) is 6.92 Å². The van der Waals surface area contributed by atoms with Crippen LogP contribution >= 0.6 is 11.8 Å². The lowest BCUT2D eigenvalue weighted by Gasteiger charge is -2.21. The molecule has 0 fully saturated rings. The highest BCUT2D eigenvalue weighted by atomic mass is 32.2. The molecule has 4 nitrogen and oxygen atoms in total. The van der Waals surface area contributed by atoms with Gasteiger partial charge >= 0.3 is 5.97 Å². The summed E-state index contributed by atoms with van der Waals surface area (Å²) in [5.41, 5.74) is 1.13. The zero-order chi connectivity index (χ0) is 17.1. The van der Waals surface area contributed by atoms with Crippen molar-refractivity contribution in [2.45, 2.75) is 45.6 Å². The van der Waals surface area contributed by atoms with Crippen molar-refractivity contribution in [2.75, 3.05) is 12.4 Å². The van der Waals surface area contributed by atoms with Gasteiger partial charge in [0.25, 0.3) is 0 Å². The van der Waals surface area contributed by atoms with Gasteiger partial charge in [0.15, 0.2) is 5.12 Å². The second-order valence-corrected chi connectivity index (χ2v) is 6.56. The van der Waals surface area contributed by atoms with Gasteiger partial charge in [-0.25, -0.2) is 0 Å². The number of ether oxygens (including phenoxy) is 1. The number of hydrogen-bond acceptors (Lipinski definition) is 5. The van der Waals surface area contributed by atoms with Crippen molar-refractivity contribution in [3.8, 4) is 0 Å². The molecule has 0 aliphatic heterocycles. The molecule has 5 heteroatoms. The topological polar surface area (TPSA) is 63.6 Å². The van der Waals surface area contributed by atoms with E-state index in [9.17, 15) is 14.7 Å². The summed E-state index contributed by atoms with van der Waals surface area (Å²) in [6, 6.07) is 9.87. The fourth-order valence-corrected chi connectivity index (χ4v) is 3.16. The molecule has 0 aromatic heterocycles. The van der Waals surface area contributed by atoms with E-state index in [0.717, 1.165) is 5.56 Å². The van der Waals surface area contributed by atoms with Crippen molar-refractivity contribution in [3.63, 3.8) is 0 Å². The summed E-state index contributed by atoms with van der Waals surface area (Å²) < 4.78 is 4.90. The maximum atomic E-state index is 12.2. The van der Waals surface area contributed by atoms with Crippen LogP contribution in [0.15, 0.2) is 30.3 Å². The van der Waals surface area contributed by atoms with Crippen molar-refractivity contribution < 1.29 is 19.4 Å². The van der Waals surface area contributed by atoms with Crippen LogP contribution in [-0.2, 0) is 20.7 Å². The third-order valence-electron chi connectivity index (χ3n) is 3.59. The van der Waals surface area contributed by atoms with Crippen LogP contribution in [0.3, 0.4) is 0 Å². The molecule has 0 bridgehead atoms. The number of carbonyl (C=O) groups excluding carboxylic acids is 2. The SMILES string of the molecule is CCOC(=O)CC[C@@H](C(=O)SCC)[C@H](O)CCc1ccccc1. The first-order chi connectivity index (χ1) is 11.1. The number of aryl methyl sites for hydroxylation is 1. The van der Waals surface area contributed by atoms with Crippen LogP contribution in [0.5, 0.6) is 0 Å². The second kappa shape index (κ2) is 11.2. The van der Waals surface area contributed by atoms with Gasteiger partial charge in [-0.05, 0) is 37.5 Å². The number of esters is 1. The Labute approximate surface area is 142 Å². The number of carbonyl (C=O) groups is 2. The highest BCUT2D eigenvalue weighted by molar-refractivity contribution is 8.13. The average molecular weight is 338 g/mol. The predicted molar refractivity (Wildman–Crippen MR) is 93.3 cm³/mol. The number of aliphatic hydroxyl groups is 1. The van der Waals surface area contributed by atoms with E-state index in [2.05, 4.69) is 0 Å². The molecule has 0 radical (unpaired) electrons. The first kappa shape index (κ1) is 19.7. The van der Waals surface area contributed by atoms with E-state index in [4.69, 9.17) is 4.74 Å². The van der Waals surface area contributed by atoms with Gasteiger partial charge in [-0.15, -0.1) is 0 Å². The number of hydrogen-bond donors (Lipinski definition) is 1. The van der Waals surface area contributed by atoms with Gasteiger partial charge in [0.2, 0.25) is 0 Å². The van der Waals surface area contributed by atoms with E-state index in [1.165, 1.54) is 11.8 Å². The van der Waals surface area contributed by atoms with E-state index in [0.29, 0.717) is 31.6 Å².